The second kappa shape index (κ2) is 6.21. The summed E-state index contributed by atoms with van der Waals surface area (Å²) in [6.07, 6.45) is 0.948. The predicted molar refractivity (Wildman–Crippen MR) is 83.6 cm³/mol. The number of hydrogen-bond acceptors (Lipinski definition) is 7. The van der Waals surface area contributed by atoms with Gasteiger partial charge in [-0.05, 0) is 35.8 Å². The zero-order valence-electron chi connectivity index (χ0n) is 12.3. The van der Waals surface area contributed by atoms with Crippen molar-refractivity contribution in [1.29, 1.82) is 0 Å². The fourth-order valence-electron chi connectivity index (χ4n) is 1.67. The first kappa shape index (κ1) is 18.4. The monoisotopic (exact) mass is 394 g/mol. The summed E-state index contributed by atoms with van der Waals surface area (Å²) in [4.78, 5) is 22.0. The number of nitrogens with one attached hydrogen (secondary N) is 1. The lowest BCUT2D eigenvalue weighted by Crippen LogP contribution is -2.41. The molecular weight excluding hydrogens is 380 g/mol. The lowest BCUT2D eigenvalue weighted by atomic mass is 10.1. The highest BCUT2D eigenvalue weighted by atomic mass is 79.9. The Hall–Kier alpha value is -1.68. The van der Waals surface area contributed by atoms with E-state index in [0.717, 1.165) is 12.3 Å². The largest absolute Gasteiger partial charge is 0.467 e. The average molecular weight is 395 g/mol. The molecule has 0 fully saturated rings. The molecule has 0 aliphatic heterocycles. The molecule has 1 rings (SSSR count). The Morgan fingerprint density at radius 2 is 1.95 bits per heavy atom. The standard InChI is InChI=1S/C12H15BrN2O6S/c1-12(2,11(16)21-3)14-10-8(13)5-7(22(4,19)20)6-9(10)15(17)18/h5-6,14H,1-4H3. The first-order chi connectivity index (χ1) is 9.90. The Morgan fingerprint density at radius 3 is 2.36 bits per heavy atom. The minimum Gasteiger partial charge on any atom is -0.467 e. The highest BCUT2D eigenvalue weighted by Crippen LogP contribution is 2.37. The van der Waals surface area contributed by atoms with E-state index >= 15 is 0 Å². The predicted octanol–water partition coefficient (Wildman–Crippen LogP) is 2.12. The number of rotatable bonds is 5. The summed E-state index contributed by atoms with van der Waals surface area (Å²) in [6, 6.07) is 2.17. The van der Waals surface area contributed by atoms with E-state index in [2.05, 4.69) is 26.0 Å². The van der Waals surface area contributed by atoms with E-state index in [9.17, 15) is 23.3 Å². The van der Waals surface area contributed by atoms with Crippen LogP contribution in [0.4, 0.5) is 11.4 Å². The first-order valence-electron chi connectivity index (χ1n) is 5.94. The number of benzene rings is 1. The third-order valence-electron chi connectivity index (χ3n) is 2.80. The normalized spacial score (nSPS) is 11.9. The van der Waals surface area contributed by atoms with Crippen LogP contribution in [0, 0.1) is 10.1 Å². The molecular formula is C12H15BrN2O6S. The number of carbonyl (C=O) groups is 1. The zero-order chi connectivity index (χ0) is 17.3. The number of nitrogens with zero attached hydrogens (tertiary/aromatic N) is 1. The number of carbonyl (C=O) groups excluding carboxylic acids is 1. The van der Waals surface area contributed by atoms with Crippen molar-refractivity contribution in [3.8, 4) is 0 Å². The van der Waals surface area contributed by atoms with Gasteiger partial charge in [-0.15, -0.1) is 0 Å². The summed E-state index contributed by atoms with van der Waals surface area (Å²) >= 11 is 3.10. The molecule has 0 atom stereocenters. The molecule has 22 heavy (non-hydrogen) atoms. The van der Waals surface area contributed by atoms with Crippen LogP contribution in [0.15, 0.2) is 21.5 Å². The Morgan fingerprint density at radius 1 is 1.41 bits per heavy atom. The molecule has 0 radical (unpaired) electrons. The number of ether oxygens (including phenoxy) is 1. The van der Waals surface area contributed by atoms with Crippen LogP contribution in [-0.2, 0) is 19.4 Å². The topological polar surface area (TPSA) is 116 Å². The van der Waals surface area contributed by atoms with Crippen LogP contribution in [0.25, 0.3) is 0 Å². The molecule has 1 aromatic carbocycles. The Bertz CT molecular complexity index is 729. The second-order valence-electron chi connectivity index (χ2n) is 5.07. The van der Waals surface area contributed by atoms with Crippen molar-refractivity contribution in [3.05, 3.63) is 26.7 Å². The van der Waals surface area contributed by atoms with E-state index in [1.165, 1.54) is 27.0 Å². The first-order valence-corrected chi connectivity index (χ1v) is 8.63. The molecule has 0 saturated carbocycles. The molecule has 0 heterocycles. The van der Waals surface area contributed by atoms with Crippen LogP contribution in [0.1, 0.15) is 13.8 Å². The third-order valence-corrected chi connectivity index (χ3v) is 4.52. The van der Waals surface area contributed by atoms with Crippen molar-refractivity contribution in [2.24, 2.45) is 0 Å². The summed E-state index contributed by atoms with van der Waals surface area (Å²) in [5.41, 5.74) is -1.71. The fourth-order valence-corrected chi connectivity index (χ4v) is 3.03. The quantitative estimate of drug-likeness (QED) is 0.461. The van der Waals surface area contributed by atoms with Crippen molar-refractivity contribution in [1.82, 2.24) is 0 Å². The third kappa shape index (κ3) is 3.95. The van der Waals surface area contributed by atoms with E-state index in [1.54, 1.807) is 0 Å². The smallest absolute Gasteiger partial charge is 0.330 e. The van der Waals surface area contributed by atoms with Gasteiger partial charge in [-0.1, -0.05) is 0 Å². The molecule has 0 unspecified atom stereocenters. The molecule has 0 amide bonds. The highest BCUT2D eigenvalue weighted by molar-refractivity contribution is 9.10. The molecule has 0 aliphatic rings. The zero-order valence-corrected chi connectivity index (χ0v) is 14.7. The molecule has 8 nitrogen and oxygen atoms in total. The van der Waals surface area contributed by atoms with Gasteiger partial charge in [0.15, 0.2) is 9.84 Å². The number of anilines is 1. The van der Waals surface area contributed by atoms with E-state index in [1.807, 2.05) is 0 Å². The number of hydrogen-bond donors (Lipinski definition) is 1. The summed E-state index contributed by atoms with van der Waals surface area (Å²) < 4.78 is 27.9. The van der Waals surface area contributed by atoms with E-state index in [4.69, 9.17) is 0 Å². The number of nitro benzene ring substituents is 1. The van der Waals surface area contributed by atoms with Gasteiger partial charge in [0.25, 0.3) is 5.69 Å². The maximum atomic E-state index is 11.7. The maximum Gasteiger partial charge on any atom is 0.330 e. The molecule has 0 bridgehead atoms. The van der Waals surface area contributed by atoms with Gasteiger partial charge in [0.05, 0.1) is 16.9 Å². The van der Waals surface area contributed by atoms with E-state index < -0.39 is 32.0 Å². The van der Waals surface area contributed by atoms with Crippen LogP contribution in [0.5, 0.6) is 0 Å². The summed E-state index contributed by atoms with van der Waals surface area (Å²) in [5.74, 6) is -0.624. The maximum absolute atomic E-state index is 11.7. The second-order valence-corrected chi connectivity index (χ2v) is 7.94. The number of methoxy groups -OCH3 is 1. The number of esters is 1. The fraction of sp³-hybridized carbons (Fsp3) is 0.417. The van der Waals surface area contributed by atoms with Gasteiger partial charge in [-0.2, -0.15) is 0 Å². The number of sulfone groups is 1. The molecule has 0 aliphatic carbocycles. The van der Waals surface area contributed by atoms with Crippen molar-refractivity contribution in [2.75, 3.05) is 18.7 Å². The SMILES string of the molecule is COC(=O)C(C)(C)Nc1c(Br)cc(S(C)(=O)=O)cc1[N+](=O)[O-]. The van der Waals surface area contributed by atoms with E-state index in [0.29, 0.717) is 0 Å². The Labute approximate surface area is 136 Å². The van der Waals surface area contributed by atoms with Gasteiger partial charge in [-0.3, -0.25) is 10.1 Å². The molecule has 1 N–H and O–H groups in total. The molecule has 122 valence electrons. The Kier molecular flexibility index (Phi) is 5.18. The van der Waals surface area contributed by atoms with Crippen molar-refractivity contribution in [2.45, 2.75) is 24.3 Å². The van der Waals surface area contributed by atoms with Gasteiger partial charge in [-0.25, -0.2) is 13.2 Å². The summed E-state index contributed by atoms with van der Waals surface area (Å²) in [7, 11) is -2.42. The summed E-state index contributed by atoms with van der Waals surface area (Å²) in [6.45, 7) is 2.97. The van der Waals surface area contributed by atoms with Gasteiger partial charge < -0.3 is 10.1 Å². The Balaban J connectivity index is 3.49. The highest BCUT2D eigenvalue weighted by Gasteiger charge is 2.33. The van der Waals surface area contributed by atoms with Gasteiger partial charge >= 0.3 is 5.97 Å². The molecule has 0 spiro atoms. The van der Waals surface area contributed by atoms with Crippen molar-refractivity contribution < 1.29 is 22.9 Å². The van der Waals surface area contributed by atoms with Crippen molar-refractivity contribution in [3.63, 3.8) is 0 Å². The van der Waals surface area contributed by atoms with Crippen LogP contribution in [0.2, 0.25) is 0 Å². The van der Waals surface area contributed by atoms with E-state index in [-0.39, 0.29) is 15.1 Å². The van der Waals surface area contributed by atoms with Crippen LogP contribution in [-0.4, -0.2) is 38.2 Å². The minimum atomic E-state index is -3.62. The molecule has 0 saturated heterocycles. The minimum absolute atomic E-state index is 0.00667. The molecule has 0 aromatic heterocycles. The molecule has 10 heteroatoms. The number of nitro groups is 1. The number of halogens is 1. The van der Waals surface area contributed by atoms with Gasteiger partial charge in [0, 0.05) is 16.8 Å². The van der Waals surface area contributed by atoms with Crippen LogP contribution < -0.4 is 5.32 Å². The molecule has 1 aromatic rings. The van der Waals surface area contributed by atoms with Crippen LogP contribution in [0.3, 0.4) is 0 Å². The van der Waals surface area contributed by atoms with Gasteiger partial charge in [0.1, 0.15) is 11.2 Å². The van der Waals surface area contributed by atoms with Crippen molar-refractivity contribution >= 4 is 43.1 Å². The lowest BCUT2D eigenvalue weighted by molar-refractivity contribution is -0.384. The lowest BCUT2D eigenvalue weighted by Gasteiger charge is -2.25. The van der Waals surface area contributed by atoms with Crippen LogP contribution >= 0.6 is 15.9 Å². The average Bonchev–Trinajstić information content (AvgIpc) is 2.37. The van der Waals surface area contributed by atoms with Gasteiger partial charge in [0.2, 0.25) is 0 Å². The summed E-state index contributed by atoms with van der Waals surface area (Å²) in [5, 5.41) is 13.9.